The number of pyridine rings is 3. The van der Waals surface area contributed by atoms with Gasteiger partial charge < -0.3 is 4.90 Å². The molecule has 10 heteroatoms. The van der Waals surface area contributed by atoms with Crippen molar-refractivity contribution in [2.24, 2.45) is 0 Å². The molecule has 5 aromatic heterocycles. The Hall–Kier alpha value is -4.80. The molecule has 0 bridgehead atoms. The highest BCUT2D eigenvalue weighted by atomic mass is 28.3. The van der Waals surface area contributed by atoms with E-state index in [9.17, 15) is 9.65 Å². The number of hydrogen-bond donors (Lipinski definition) is 0. The van der Waals surface area contributed by atoms with E-state index < -0.39 is 13.9 Å². The van der Waals surface area contributed by atoms with Crippen molar-refractivity contribution in [1.29, 1.82) is 5.26 Å². The van der Waals surface area contributed by atoms with Gasteiger partial charge in [-0.05, 0) is 36.8 Å². The largest absolute Gasteiger partial charge is 0.353 e. The van der Waals surface area contributed by atoms with E-state index in [1.165, 1.54) is 10.9 Å². The first kappa shape index (κ1) is 25.8. The van der Waals surface area contributed by atoms with E-state index in [1.807, 2.05) is 49.8 Å². The topological polar surface area (TPSA) is 87.9 Å². The van der Waals surface area contributed by atoms with E-state index >= 15 is 0 Å². The van der Waals surface area contributed by atoms with Gasteiger partial charge in [0.1, 0.15) is 20.0 Å². The van der Waals surface area contributed by atoms with Crippen molar-refractivity contribution in [2.45, 2.75) is 32.6 Å². The molecule has 0 aliphatic rings. The lowest BCUT2D eigenvalue weighted by atomic mass is 10.0. The lowest BCUT2D eigenvalue weighted by Gasteiger charge is -2.26. The predicted molar refractivity (Wildman–Crippen MR) is 151 cm³/mol. The van der Waals surface area contributed by atoms with Crippen LogP contribution in [0.25, 0.3) is 22.5 Å². The van der Waals surface area contributed by atoms with Crippen molar-refractivity contribution in [3.8, 4) is 34.5 Å². The van der Waals surface area contributed by atoms with Gasteiger partial charge in [-0.3, -0.25) is 0 Å². The summed E-state index contributed by atoms with van der Waals surface area (Å²) >= 11 is 0. The maximum atomic E-state index is 13.3. The summed E-state index contributed by atoms with van der Waals surface area (Å²) in [7, 11) is 0.402. The number of fused-ring (bicyclic) bond motifs is 1. The predicted octanol–water partition coefficient (Wildman–Crippen LogP) is 5.41. The first-order chi connectivity index (χ1) is 18.6. The summed E-state index contributed by atoms with van der Waals surface area (Å²) in [6.07, 6.45) is 9.45. The lowest BCUT2D eigenvalue weighted by molar-refractivity contribution is 0.627. The monoisotopic (exact) mass is 534 g/mol. The molecule has 0 aromatic carbocycles. The fourth-order valence-electron chi connectivity index (χ4n) is 4.13. The molecule has 5 aromatic rings. The zero-order valence-electron chi connectivity index (χ0n) is 22.4. The number of aromatic nitrogens is 6. The summed E-state index contributed by atoms with van der Waals surface area (Å²) in [4.78, 5) is 11.2. The zero-order chi connectivity index (χ0) is 27.7. The average Bonchev–Trinajstić information content (AvgIpc) is 3.56. The Bertz CT molecular complexity index is 1750. The Balaban J connectivity index is 1.43. The molecule has 1 atom stereocenters. The summed E-state index contributed by atoms with van der Waals surface area (Å²) in [5, 5.41) is 18.0. The van der Waals surface area contributed by atoms with Crippen LogP contribution in [0.1, 0.15) is 29.7 Å². The molecule has 0 amide bonds. The molecule has 0 spiro atoms. The number of rotatable bonds is 5. The smallest absolute Gasteiger partial charge is 0.161 e. The molecule has 5 heterocycles. The number of halogens is 1. The SMILES string of the molecule is C[C@@H](c1ccc(-n2cc(F)cn2)nc1)N(C)c1ccc(-c2cc(C#C[Si](C)(C)C)cn3ncc(C#N)c23)cn1. The quantitative estimate of drug-likeness (QED) is 0.221. The van der Waals surface area contributed by atoms with Crippen LogP contribution in [0.5, 0.6) is 0 Å². The normalized spacial score (nSPS) is 12.0. The second-order valence-electron chi connectivity index (χ2n) is 10.4. The van der Waals surface area contributed by atoms with Gasteiger partial charge in [0.15, 0.2) is 11.6 Å². The minimum Gasteiger partial charge on any atom is -0.353 e. The number of anilines is 1. The van der Waals surface area contributed by atoms with E-state index in [0.29, 0.717) is 11.4 Å². The molecule has 0 fully saturated rings. The minimum absolute atomic E-state index is 0.0221. The summed E-state index contributed by atoms with van der Waals surface area (Å²) in [5.74, 6) is 4.22. The Labute approximate surface area is 227 Å². The van der Waals surface area contributed by atoms with Crippen LogP contribution in [0.3, 0.4) is 0 Å². The first-order valence-electron chi connectivity index (χ1n) is 12.4. The number of nitriles is 1. The molecule has 0 saturated carbocycles. The molecule has 8 nitrogen and oxygen atoms in total. The Morgan fingerprint density at radius 2 is 1.82 bits per heavy atom. The van der Waals surface area contributed by atoms with Crippen LogP contribution in [0.15, 0.2) is 67.5 Å². The summed E-state index contributed by atoms with van der Waals surface area (Å²) < 4.78 is 16.4. The summed E-state index contributed by atoms with van der Waals surface area (Å²) in [5.41, 5.74) is 8.18. The molecule has 0 aliphatic carbocycles. The maximum absolute atomic E-state index is 13.3. The van der Waals surface area contributed by atoms with Crippen LogP contribution in [-0.4, -0.2) is 44.5 Å². The highest BCUT2D eigenvalue weighted by Gasteiger charge is 2.17. The van der Waals surface area contributed by atoms with E-state index in [4.69, 9.17) is 4.98 Å². The lowest BCUT2D eigenvalue weighted by Crippen LogP contribution is -2.22. The van der Waals surface area contributed by atoms with Gasteiger partial charge in [0, 0.05) is 42.3 Å². The van der Waals surface area contributed by atoms with Crippen molar-refractivity contribution < 1.29 is 4.39 Å². The molecule has 0 saturated heterocycles. The van der Waals surface area contributed by atoms with Crippen LogP contribution in [0.4, 0.5) is 10.2 Å². The van der Waals surface area contributed by atoms with Gasteiger partial charge in [-0.1, -0.05) is 31.6 Å². The molecular weight excluding hydrogens is 507 g/mol. The van der Waals surface area contributed by atoms with Crippen molar-refractivity contribution in [3.63, 3.8) is 0 Å². The van der Waals surface area contributed by atoms with Gasteiger partial charge in [-0.2, -0.15) is 15.5 Å². The highest BCUT2D eigenvalue weighted by Crippen LogP contribution is 2.30. The minimum atomic E-state index is -1.57. The molecule has 194 valence electrons. The average molecular weight is 535 g/mol. The van der Waals surface area contributed by atoms with Gasteiger partial charge in [-0.15, -0.1) is 5.54 Å². The van der Waals surface area contributed by atoms with Crippen molar-refractivity contribution in [1.82, 2.24) is 29.4 Å². The third-order valence-corrected chi connectivity index (χ3v) is 7.23. The zero-order valence-corrected chi connectivity index (χ0v) is 23.4. The van der Waals surface area contributed by atoms with Gasteiger partial charge in [0.2, 0.25) is 0 Å². The number of nitrogens with zero attached hydrogens (tertiary/aromatic N) is 8. The van der Waals surface area contributed by atoms with E-state index in [0.717, 1.165) is 39.8 Å². The van der Waals surface area contributed by atoms with Gasteiger partial charge >= 0.3 is 0 Å². The van der Waals surface area contributed by atoms with Gasteiger partial charge in [0.25, 0.3) is 0 Å². The maximum Gasteiger partial charge on any atom is 0.161 e. The second-order valence-corrected chi connectivity index (χ2v) is 15.1. The van der Waals surface area contributed by atoms with E-state index in [1.54, 1.807) is 16.9 Å². The molecule has 0 radical (unpaired) electrons. The second kappa shape index (κ2) is 10.2. The Morgan fingerprint density at radius 3 is 2.44 bits per heavy atom. The number of hydrogen-bond acceptors (Lipinski definition) is 6. The van der Waals surface area contributed by atoms with Crippen LogP contribution < -0.4 is 4.90 Å². The van der Waals surface area contributed by atoms with Crippen molar-refractivity contribution in [2.75, 3.05) is 11.9 Å². The molecule has 0 N–H and O–H groups in total. The van der Waals surface area contributed by atoms with Gasteiger partial charge in [-0.25, -0.2) is 23.6 Å². The fourth-order valence-corrected chi connectivity index (χ4v) is 4.65. The van der Waals surface area contributed by atoms with E-state index in [2.05, 4.69) is 64.2 Å². The fraction of sp³-hybridized carbons (Fsp3) is 0.207. The van der Waals surface area contributed by atoms with Crippen LogP contribution >= 0.6 is 0 Å². The Kier molecular flexibility index (Phi) is 6.73. The third-order valence-electron chi connectivity index (χ3n) is 6.35. The van der Waals surface area contributed by atoms with Crippen molar-refractivity contribution >= 4 is 19.4 Å². The first-order valence-corrected chi connectivity index (χ1v) is 15.9. The summed E-state index contributed by atoms with van der Waals surface area (Å²) in [6.45, 7) is 8.67. The van der Waals surface area contributed by atoms with Crippen LogP contribution in [0, 0.1) is 28.6 Å². The van der Waals surface area contributed by atoms with Crippen LogP contribution in [-0.2, 0) is 0 Å². The van der Waals surface area contributed by atoms with E-state index in [-0.39, 0.29) is 6.04 Å². The van der Waals surface area contributed by atoms with Gasteiger partial charge in [0.05, 0.1) is 35.7 Å². The third kappa shape index (κ3) is 5.42. The molecule has 0 unspecified atom stereocenters. The molecule has 5 rings (SSSR count). The Morgan fingerprint density at radius 1 is 1.00 bits per heavy atom. The van der Waals surface area contributed by atoms with Crippen LogP contribution in [0.2, 0.25) is 19.6 Å². The molecular formula is C29H27FN8Si. The molecule has 39 heavy (non-hydrogen) atoms. The summed E-state index contributed by atoms with van der Waals surface area (Å²) in [6, 6.07) is 11.9. The standard InChI is InChI=1S/C29H27FN8Si/c1-20(22-6-9-28(33-14-22)37-19-25(30)17-35-37)36(2)27-8-7-23(15-32-27)26-12-21(10-11-39(3,4)5)18-38-29(26)24(13-31)16-34-38/h6-9,12,14-20H,1-5H3/t20-/m0/s1. The molecule has 0 aliphatic heterocycles. The van der Waals surface area contributed by atoms with Crippen molar-refractivity contribution in [3.05, 3.63) is 90.0 Å². The highest BCUT2D eigenvalue weighted by molar-refractivity contribution is 6.83.